The maximum Gasteiger partial charge on any atom is 0.251 e. The Labute approximate surface area is 225 Å². The first-order chi connectivity index (χ1) is 18.4. The van der Waals surface area contributed by atoms with E-state index in [1.54, 1.807) is 43.4 Å². The van der Waals surface area contributed by atoms with Gasteiger partial charge in [-0.1, -0.05) is 19.9 Å². The molecule has 0 aromatic carbocycles. The largest absolute Gasteiger partial charge is 0.499 e. The first-order valence-corrected chi connectivity index (χ1v) is 13.4. The van der Waals surface area contributed by atoms with E-state index in [1.807, 2.05) is 19.1 Å². The number of hydrogen-bond donors (Lipinski definition) is 3. The fourth-order valence-electron chi connectivity index (χ4n) is 5.15. The van der Waals surface area contributed by atoms with Gasteiger partial charge in [0.15, 0.2) is 5.82 Å². The van der Waals surface area contributed by atoms with Crippen LogP contribution in [0.1, 0.15) is 39.5 Å². The van der Waals surface area contributed by atoms with Crippen molar-refractivity contribution < 1.29 is 14.3 Å². The van der Waals surface area contributed by atoms with Crippen LogP contribution in [0, 0.1) is 5.92 Å². The first-order valence-electron chi connectivity index (χ1n) is 13.4. The van der Waals surface area contributed by atoms with E-state index < -0.39 is 0 Å². The third-order valence-electron chi connectivity index (χ3n) is 7.59. The van der Waals surface area contributed by atoms with E-state index in [0.717, 1.165) is 32.5 Å². The van der Waals surface area contributed by atoms with Gasteiger partial charge in [0, 0.05) is 32.6 Å². The molecule has 3 heterocycles. The summed E-state index contributed by atoms with van der Waals surface area (Å²) in [5.74, 6) is 2.06. The Hall–Kier alpha value is -3.44. The number of piperidine rings is 1. The van der Waals surface area contributed by atoms with Crippen molar-refractivity contribution in [2.45, 2.75) is 45.6 Å². The van der Waals surface area contributed by atoms with Crippen molar-refractivity contribution in [2.24, 2.45) is 5.92 Å². The average molecular weight is 525 g/mol. The molecule has 2 amide bonds. The maximum absolute atomic E-state index is 12.9. The summed E-state index contributed by atoms with van der Waals surface area (Å²) in [5.41, 5.74) is 4.98. The van der Waals surface area contributed by atoms with Gasteiger partial charge in [-0.15, -0.1) is 0 Å². The van der Waals surface area contributed by atoms with Crippen LogP contribution >= 0.6 is 0 Å². The lowest BCUT2D eigenvalue weighted by atomic mass is 9.96. The molecule has 11 heteroatoms. The summed E-state index contributed by atoms with van der Waals surface area (Å²) in [6.07, 6.45) is 10.4. The molecular weight excluding hydrogens is 484 g/mol. The monoisotopic (exact) mass is 524 g/mol. The molecule has 1 unspecified atom stereocenters. The number of methoxy groups -OCH3 is 1. The number of anilines is 3. The Balaban J connectivity index is 1.45. The Bertz CT molecular complexity index is 1120. The lowest BCUT2D eigenvalue weighted by molar-refractivity contribution is -0.120. The molecule has 38 heavy (non-hydrogen) atoms. The van der Waals surface area contributed by atoms with Gasteiger partial charge in [0.05, 0.1) is 19.0 Å². The zero-order chi connectivity index (χ0) is 27.2. The van der Waals surface area contributed by atoms with E-state index >= 15 is 0 Å². The number of nitrogens with zero attached hydrogens (tertiary/aromatic N) is 5. The normalized spacial score (nSPS) is 20.7. The number of hydrazine groups is 1. The zero-order valence-corrected chi connectivity index (χ0v) is 23.1. The molecule has 206 valence electrons. The summed E-state index contributed by atoms with van der Waals surface area (Å²) in [4.78, 5) is 38.9. The molecule has 0 bridgehead atoms. The Morgan fingerprint density at radius 3 is 2.63 bits per heavy atom. The topological polar surface area (TPSA) is 115 Å². The Kier molecular flexibility index (Phi) is 9.01. The third kappa shape index (κ3) is 5.83. The van der Waals surface area contributed by atoms with Crippen molar-refractivity contribution in [2.75, 3.05) is 62.6 Å². The molecule has 4 rings (SSSR count). The summed E-state index contributed by atoms with van der Waals surface area (Å²) in [6.45, 7) is 8.13. The van der Waals surface area contributed by atoms with Crippen LogP contribution < -0.4 is 26.0 Å². The van der Waals surface area contributed by atoms with E-state index in [9.17, 15) is 9.59 Å². The number of rotatable bonds is 9. The fourth-order valence-corrected chi connectivity index (χ4v) is 5.15. The minimum Gasteiger partial charge on any atom is -0.499 e. The molecule has 1 fully saturated rings. The molecule has 3 N–H and O–H groups in total. The second kappa shape index (κ2) is 12.4. The number of nitrogens with one attached hydrogen (secondary N) is 3. The lowest BCUT2D eigenvalue weighted by Gasteiger charge is -2.39. The van der Waals surface area contributed by atoms with Crippen LogP contribution in [-0.2, 0) is 14.3 Å². The Morgan fingerprint density at radius 1 is 1.21 bits per heavy atom. The van der Waals surface area contributed by atoms with Crippen molar-refractivity contribution in [3.05, 3.63) is 41.5 Å². The van der Waals surface area contributed by atoms with Gasteiger partial charge < -0.3 is 25.2 Å². The molecule has 2 aliphatic heterocycles. The molecule has 3 aliphatic rings. The number of allylic oxidation sites excluding steroid dienone is 2. The predicted octanol–water partition coefficient (Wildman–Crippen LogP) is 2.18. The number of likely N-dealkylation sites (tertiary alicyclic amines) is 1. The molecule has 0 spiro atoms. The minimum atomic E-state index is -0.365. The number of ether oxygens (including phenoxy) is 1. The van der Waals surface area contributed by atoms with Crippen molar-refractivity contribution in [1.82, 2.24) is 25.6 Å². The molecule has 1 aliphatic carbocycles. The SMILES string of the molecule is CCC1C(=O)N(C)c2cnc(NC3=C(OC)CC=C(C(=O)NCC4CCN(CC)CC4)C=C3)nc2N1NC. The quantitative estimate of drug-likeness (QED) is 0.447. The van der Waals surface area contributed by atoms with E-state index in [1.165, 1.54) is 0 Å². The van der Waals surface area contributed by atoms with Crippen molar-refractivity contribution >= 4 is 29.3 Å². The van der Waals surface area contributed by atoms with Gasteiger partial charge in [0.25, 0.3) is 11.8 Å². The second-order valence-corrected chi connectivity index (χ2v) is 9.77. The third-order valence-corrected chi connectivity index (χ3v) is 7.59. The molecular formula is C27H40N8O3. The summed E-state index contributed by atoms with van der Waals surface area (Å²) >= 11 is 0. The van der Waals surface area contributed by atoms with Crippen LogP contribution in [0.4, 0.5) is 17.5 Å². The smallest absolute Gasteiger partial charge is 0.251 e. The summed E-state index contributed by atoms with van der Waals surface area (Å²) in [5, 5.41) is 8.14. The van der Waals surface area contributed by atoms with E-state index in [4.69, 9.17) is 9.72 Å². The van der Waals surface area contributed by atoms with E-state index in [2.05, 4.69) is 32.9 Å². The number of amides is 2. The van der Waals surface area contributed by atoms with Gasteiger partial charge in [-0.05, 0) is 57.0 Å². The van der Waals surface area contributed by atoms with Crippen LogP contribution in [0.25, 0.3) is 0 Å². The van der Waals surface area contributed by atoms with Crippen LogP contribution in [0.2, 0.25) is 0 Å². The predicted molar refractivity (Wildman–Crippen MR) is 148 cm³/mol. The summed E-state index contributed by atoms with van der Waals surface area (Å²) in [6, 6.07) is -0.365. The minimum absolute atomic E-state index is 0.0157. The molecule has 1 aromatic rings. The fraction of sp³-hybridized carbons (Fsp3) is 0.556. The van der Waals surface area contributed by atoms with Gasteiger partial charge in [-0.25, -0.2) is 10.4 Å². The number of fused-ring (bicyclic) bond motifs is 1. The highest BCUT2D eigenvalue weighted by Gasteiger charge is 2.36. The number of aromatic nitrogens is 2. The molecule has 1 saturated heterocycles. The highest BCUT2D eigenvalue weighted by molar-refractivity contribution is 6.04. The zero-order valence-electron chi connectivity index (χ0n) is 23.1. The maximum atomic E-state index is 12.9. The lowest BCUT2D eigenvalue weighted by Crippen LogP contribution is -2.56. The van der Waals surface area contributed by atoms with Crippen molar-refractivity contribution in [1.29, 1.82) is 0 Å². The number of carbonyl (C=O) groups excluding carboxylic acids is 2. The number of carbonyl (C=O) groups is 2. The summed E-state index contributed by atoms with van der Waals surface area (Å²) < 4.78 is 5.63. The van der Waals surface area contributed by atoms with E-state index in [-0.39, 0.29) is 17.9 Å². The average Bonchev–Trinajstić information content (AvgIpc) is 3.15. The van der Waals surface area contributed by atoms with Crippen molar-refractivity contribution in [3.63, 3.8) is 0 Å². The Morgan fingerprint density at radius 2 is 1.97 bits per heavy atom. The van der Waals surface area contributed by atoms with Crippen LogP contribution in [0.15, 0.2) is 41.5 Å². The highest BCUT2D eigenvalue weighted by atomic mass is 16.5. The second-order valence-electron chi connectivity index (χ2n) is 9.77. The molecule has 1 aromatic heterocycles. The van der Waals surface area contributed by atoms with Crippen LogP contribution in [-0.4, -0.2) is 80.1 Å². The van der Waals surface area contributed by atoms with Gasteiger partial charge >= 0.3 is 0 Å². The van der Waals surface area contributed by atoms with Crippen LogP contribution in [0.5, 0.6) is 0 Å². The van der Waals surface area contributed by atoms with Gasteiger partial charge in [-0.2, -0.15) is 4.98 Å². The number of likely N-dealkylation sites (N-methyl/N-ethyl adjacent to an activating group) is 1. The van der Waals surface area contributed by atoms with Crippen LogP contribution in [0.3, 0.4) is 0 Å². The number of hydrogen-bond acceptors (Lipinski definition) is 9. The highest BCUT2D eigenvalue weighted by Crippen LogP contribution is 2.34. The first kappa shape index (κ1) is 27.6. The van der Waals surface area contributed by atoms with Crippen molar-refractivity contribution in [3.8, 4) is 0 Å². The molecule has 11 nitrogen and oxygen atoms in total. The van der Waals surface area contributed by atoms with Gasteiger partial charge in [0.1, 0.15) is 17.5 Å². The van der Waals surface area contributed by atoms with Gasteiger partial charge in [0.2, 0.25) is 5.95 Å². The summed E-state index contributed by atoms with van der Waals surface area (Å²) in [7, 11) is 5.11. The molecule has 0 saturated carbocycles. The van der Waals surface area contributed by atoms with Gasteiger partial charge in [-0.3, -0.25) is 14.6 Å². The van der Waals surface area contributed by atoms with E-state index in [0.29, 0.717) is 59.8 Å². The molecule has 0 radical (unpaired) electrons. The standard InChI is InChI=1S/C27H40N8O3/c1-6-21-26(37)33(4)22-17-30-27(32-24(22)35(21)28-3)31-20-10-8-19(9-11-23(20)38-5)25(36)29-16-18-12-14-34(7-2)15-13-18/h8-10,17-18,21,28H,6-7,11-16H2,1-5H3,(H,29,36)(H,30,31,32). The molecule has 1 atom stereocenters.